The van der Waals surface area contributed by atoms with Crippen molar-refractivity contribution in [1.82, 2.24) is 9.80 Å². The van der Waals surface area contributed by atoms with Gasteiger partial charge in [0, 0.05) is 26.2 Å². The molecule has 1 rings (SSSR count). The summed E-state index contributed by atoms with van der Waals surface area (Å²) in [5.74, 6) is 0. The SMILES string of the molecule is C=C(CN1CCCN(C(=O)OC(C)(C)C)CC1)[B-](F)(F)F. The highest BCUT2D eigenvalue weighted by molar-refractivity contribution is 6.66. The van der Waals surface area contributed by atoms with Crippen molar-refractivity contribution in [3.63, 3.8) is 0 Å². The number of rotatable bonds is 3. The smallest absolute Gasteiger partial charge is 0.445 e. The number of carbonyl (C=O) groups excluding carboxylic acids is 1. The lowest BCUT2D eigenvalue weighted by Crippen LogP contribution is -2.40. The Hall–Kier alpha value is -1.18. The summed E-state index contributed by atoms with van der Waals surface area (Å²) in [5, 5.41) is 0. The maximum atomic E-state index is 12.5. The van der Waals surface area contributed by atoms with Crippen molar-refractivity contribution in [2.24, 2.45) is 0 Å². The Morgan fingerprint density at radius 2 is 1.81 bits per heavy atom. The monoisotopic (exact) mass is 307 g/mol. The van der Waals surface area contributed by atoms with Crippen LogP contribution in [0.3, 0.4) is 0 Å². The van der Waals surface area contributed by atoms with Crippen LogP contribution < -0.4 is 0 Å². The summed E-state index contributed by atoms with van der Waals surface area (Å²) >= 11 is 0. The van der Waals surface area contributed by atoms with Gasteiger partial charge in [-0.2, -0.15) is 0 Å². The van der Waals surface area contributed by atoms with Crippen LogP contribution in [0, 0.1) is 0 Å². The van der Waals surface area contributed by atoms with Gasteiger partial charge in [0.05, 0.1) is 0 Å². The van der Waals surface area contributed by atoms with E-state index in [1.54, 1.807) is 30.6 Å². The van der Waals surface area contributed by atoms with Crippen molar-refractivity contribution in [3.05, 3.63) is 12.1 Å². The summed E-state index contributed by atoms with van der Waals surface area (Å²) < 4.78 is 42.9. The van der Waals surface area contributed by atoms with Gasteiger partial charge in [0.1, 0.15) is 5.60 Å². The van der Waals surface area contributed by atoms with E-state index in [2.05, 4.69) is 6.58 Å². The van der Waals surface area contributed by atoms with Gasteiger partial charge < -0.3 is 27.5 Å². The molecule has 1 heterocycles. The molecule has 0 aliphatic carbocycles. The van der Waals surface area contributed by atoms with E-state index in [-0.39, 0.29) is 6.54 Å². The van der Waals surface area contributed by atoms with Gasteiger partial charge in [0.25, 0.3) is 0 Å². The predicted octanol–water partition coefficient (Wildman–Crippen LogP) is 2.87. The van der Waals surface area contributed by atoms with Crippen LogP contribution in [0.5, 0.6) is 0 Å². The Morgan fingerprint density at radius 3 is 2.33 bits per heavy atom. The molecule has 0 radical (unpaired) electrons. The molecular weight excluding hydrogens is 284 g/mol. The number of nitrogens with zero attached hydrogens (tertiary/aromatic N) is 2. The standard InChI is InChI=1S/C13H23BF3N2O2/c1-11(14(15,16)17)10-18-6-5-7-19(9-8-18)12(20)21-13(2,3)4/h1,5-10H2,2-4H3/q-1. The molecule has 0 unspecified atom stereocenters. The van der Waals surface area contributed by atoms with Crippen LogP contribution in [-0.2, 0) is 4.74 Å². The minimum atomic E-state index is -5.00. The molecule has 4 nitrogen and oxygen atoms in total. The van der Waals surface area contributed by atoms with Crippen molar-refractivity contribution in [1.29, 1.82) is 0 Å². The zero-order valence-corrected chi connectivity index (χ0v) is 12.9. The Kier molecular flexibility index (Phi) is 5.72. The molecule has 1 amide bonds. The fourth-order valence-electron chi connectivity index (χ4n) is 2.03. The highest BCUT2D eigenvalue weighted by atomic mass is 19.4. The van der Waals surface area contributed by atoms with E-state index in [4.69, 9.17) is 4.74 Å². The Bertz CT molecular complexity index is 394. The number of halogens is 3. The highest BCUT2D eigenvalue weighted by Crippen LogP contribution is 2.20. The van der Waals surface area contributed by atoms with E-state index in [1.165, 1.54) is 0 Å². The lowest BCUT2D eigenvalue weighted by molar-refractivity contribution is 0.0258. The molecule has 1 fully saturated rings. The molecule has 122 valence electrons. The first kappa shape index (κ1) is 17.9. The van der Waals surface area contributed by atoms with Crippen LogP contribution in [0.2, 0.25) is 0 Å². The van der Waals surface area contributed by atoms with Crippen LogP contribution in [0.25, 0.3) is 0 Å². The summed E-state index contributed by atoms with van der Waals surface area (Å²) in [7, 11) is 0. The Morgan fingerprint density at radius 1 is 1.19 bits per heavy atom. The molecule has 1 aliphatic heterocycles. The molecule has 0 atom stereocenters. The zero-order valence-electron chi connectivity index (χ0n) is 12.9. The molecule has 0 spiro atoms. The van der Waals surface area contributed by atoms with Crippen LogP contribution in [-0.4, -0.2) is 61.2 Å². The minimum Gasteiger partial charge on any atom is -0.445 e. The van der Waals surface area contributed by atoms with Gasteiger partial charge in [0.15, 0.2) is 0 Å². The Balaban J connectivity index is 2.51. The summed E-state index contributed by atoms with van der Waals surface area (Å²) in [6.07, 6.45) is 0.209. The molecule has 1 aliphatic rings. The molecule has 0 aromatic rings. The van der Waals surface area contributed by atoms with E-state index in [0.29, 0.717) is 32.6 Å². The minimum absolute atomic E-state index is 0.189. The summed E-state index contributed by atoms with van der Waals surface area (Å²) in [4.78, 5) is 15.2. The number of hydrogen-bond acceptors (Lipinski definition) is 3. The van der Waals surface area contributed by atoms with E-state index in [1.807, 2.05) is 0 Å². The maximum Gasteiger partial charge on any atom is 0.506 e. The van der Waals surface area contributed by atoms with E-state index in [9.17, 15) is 17.7 Å². The first-order valence-corrected chi connectivity index (χ1v) is 7.07. The number of hydrogen-bond donors (Lipinski definition) is 0. The van der Waals surface area contributed by atoms with Gasteiger partial charge >= 0.3 is 13.1 Å². The van der Waals surface area contributed by atoms with Crippen molar-refractivity contribution < 1.29 is 22.5 Å². The largest absolute Gasteiger partial charge is 0.506 e. The van der Waals surface area contributed by atoms with E-state index >= 15 is 0 Å². The Labute approximate surface area is 124 Å². The van der Waals surface area contributed by atoms with Gasteiger partial charge in [-0.1, -0.05) is 0 Å². The first-order chi connectivity index (χ1) is 9.49. The predicted molar refractivity (Wildman–Crippen MR) is 77.1 cm³/mol. The van der Waals surface area contributed by atoms with Gasteiger partial charge in [-0.3, -0.25) is 0 Å². The molecule has 0 bridgehead atoms. The van der Waals surface area contributed by atoms with Gasteiger partial charge in [-0.05, 0) is 33.7 Å². The topological polar surface area (TPSA) is 32.8 Å². The molecule has 0 saturated carbocycles. The third-order valence-electron chi connectivity index (χ3n) is 3.13. The second kappa shape index (κ2) is 6.72. The second-order valence-electron chi connectivity index (χ2n) is 6.33. The maximum absolute atomic E-state index is 12.5. The number of ether oxygens (including phenoxy) is 1. The average Bonchev–Trinajstić information content (AvgIpc) is 2.51. The first-order valence-electron chi connectivity index (χ1n) is 7.07. The molecule has 21 heavy (non-hydrogen) atoms. The molecular formula is C13H23BF3N2O2-. The molecule has 8 heteroatoms. The van der Waals surface area contributed by atoms with E-state index in [0.717, 1.165) is 0 Å². The third-order valence-corrected chi connectivity index (χ3v) is 3.13. The average molecular weight is 307 g/mol. The summed E-state index contributed by atoms with van der Waals surface area (Å²) in [5.41, 5.74) is -1.27. The second-order valence-corrected chi connectivity index (χ2v) is 6.33. The third kappa shape index (κ3) is 6.41. The van der Waals surface area contributed by atoms with Crippen molar-refractivity contribution in [2.75, 3.05) is 32.7 Å². The van der Waals surface area contributed by atoms with Crippen molar-refractivity contribution in [2.45, 2.75) is 32.8 Å². The summed E-state index contributed by atoms with van der Waals surface area (Å²) in [6, 6.07) is 0. The van der Waals surface area contributed by atoms with Gasteiger partial charge in [0.2, 0.25) is 0 Å². The summed E-state index contributed by atoms with van der Waals surface area (Å²) in [6.45, 7) is 5.04. The fourth-order valence-corrected chi connectivity index (χ4v) is 2.03. The van der Waals surface area contributed by atoms with Crippen molar-refractivity contribution in [3.8, 4) is 0 Å². The van der Waals surface area contributed by atoms with Crippen LogP contribution in [0.4, 0.5) is 17.7 Å². The molecule has 0 aromatic heterocycles. The zero-order chi connectivity index (χ0) is 16.3. The lowest BCUT2D eigenvalue weighted by Gasteiger charge is -2.27. The van der Waals surface area contributed by atoms with Gasteiger partial charge in [-0.25, -0.2) is 4.79 Å². The number of carbonyl (C=O) groups is 1. The quantitative estimate of drug-likeness (QED) is 0.752. The van der Waals surface area contributed by atoms with Crippen LogP contribution >= 0.6 is 0 Å². The van der Waals surface area contributed by atoms with E-state index < -0.39 is 24.1 Å². The normalized spacial score (nSPS) is 18.3. The lowest BCUT2D eigenvalue weighted by atomic mass is 9.80. The molecule has 0 aromatic carbocycles. The number of amides is 1. The molecule has 0 N–H and O–H groups in total. The fraction of sp³-hybridized carbons (Fsp3) is 0.769. The highest BCUT2D eigenvalue weighted by Gasteiger charge is 2.29. The molecule has 1 saturated heterocycles. The van der Waals surface area contributed by atoms with Crippen LogP contribution in [0.1, 0.15) is 27.2 Å². The van der Waals surface area contributed by atoms with Crippen molar-refractivity contribution >= 4 is 13.1 Å². The van der Waals surface area contributed by atoms with Gasteiger partial charge in [-0.15, -0.1) is 12.1 Å². The van der Waals surface area contributed by atoms with Crippen LogP contribution in [0.15, 0.2) is 12.1 Å².